The van der Waals surface area contributed by atoms with Gasteiger partial charge >= 0.3 is 0 Å². The van der Waals surface area contributed by atoms with Crippen LogP contribution < -0.4 is 0 Å². The van der Waals surface area contributed by atoms with Crippen LogP contribution in [0.4, 0.5) is 0 Å². The fraction of sp³-hybridized carbons (Fsp3) is 0.417. The second-order valence-electron chi connectivity index (χ2n) is 4.14. The first kappa shape index (κ1) is 8.18. The second kappa shape index (κ2) is 2.45. The van der Waals surface area contributed by atoms with E-state index in [-0.39, 0.29) is 5.78 Å². The summed E-state index contributed by atoms with van der Waals surface area (Å²) >= 11 is 0. The van der Waals surface area contributed by atoms with Gasteiger partial charge in [0.2, 0.25) is 0 Å². The molecule has 0 amide bonds. The van der Waals surface area contributed by atoms with Crippen molar-refractivity contribution in [1.29, 1.82) is 0 Å². The molecule has 4 rings (SSSR count). The van der Waals surface area contributed by atoms with Crippen LogP contribution in [0.1, 0.15) is 13.3 Å². The van der Waals surface area contributed by atoms with Gasteiger partial charge in [-0.25, -0.2) is 0 Å². The zero-order valence-electron chi connectivity index (χ0n) is 8.12. The van der Waals surface area contributed by atoms with E-state index in [2.05, 4.69) is 24.3 Å². The van der Waals surface area contributed by atoms with Crippen molar-refractivity contribution < 1.29 is 9.53 Å². The van der Waals surface area contributed by atoms with Crippen LogP contribution in [-0.2, 0) is 9.53 Å². The second-order valence-corrected chi connectivity index (χ2v) is 4.14. The maximum absolute atomic E-state index is 11.5. The summed E-state index contributed by atoms with van der Waals surface area (Å²) in [5.41, 5.74) is 1.64. The summed E-state index contributed by atoms with van der Waals surface area (Å²) in [5, 5.41) is 0. The zero-order chi connectivity index (χ0) is 9.76. The van der Waals surface area contributed by atoms with E-state index in [0.717, 1.165) is 12.0 Å². The van der Waals surface area contributed by atoms with Crippen LogP contribution in [0.25, 0.3) is 0 Å². The van der Waals surface area contributed by atoms with Gasteiger partial charge in [0, 0.05) is 5.57 Å². The maximum Gasteiger partial charge on any atom is 0.159 e. The molecule has 2 nitrogen and oxygen atoms in total. The first-order valence-corrected chi connectivity index (χ1v) is 4.98. The Kier molecular flexibility index (Phi) is 1.43. The standard InChI is InChI=1S/C12H12O2/c1-8(13)11-7-9-2-4-12(11)10(6-9)3-5-14-12/h2-4,7,9H,5-6H2,1H3. The molecule has 2 atom stereocenters. The summed E-state index contributed by atoms with van der Waals surface area (Å²) in [6, 6.07) is 0. The normalized spacial score (nSPS) is 37.9. The molecule has 2 unspecified atom stereocenters. The number of carbonyl (C=O) groups excluding carboxylic acids is 1. The minimum absolute atomic E-state index is 0.131. The van der Waals surface area contributed by atoms with Gasteiger partial charge in [0.05, 0.1) is 6.61 Å². The number of allylic oxidation sites excluding steroid dienone is 2. The minimum Gasteiger partial charge on any atom is -0.358 e. The summed E-state index contributed by atoms with van der Waals surface area (Å²) in [5.74, 6) is 0.538. The molecule has 2 heteroatoms. The highest BCUT2D eigenvalue weighted by atomic mass is 16.5. The SMILES string of the molecule is CC(=O)C1=CC2C=CC13OCC=C3C2. The van der Waals surface area contributed by atoms with Crippen molar-refractivity contribution in [3.8, 4) is 0 Å². The van der Waals surface area contributed by atoms with Gasteiger partial charge in [0.25, 0.3) is 0 Å². The Bertz CT molecular complexity index is 401. The van der Waals surface area contributed by atoms with Gasteiger partial charge in [-0.15, -0.1) is 0 Å². The molecular weight excluding hydrogens is 176 g/mol. The number of hydrogen-bond donors (Lipinski definition) is 0. The van der Waals surface area contributed by atoms with Crippen molar-refractivity contribution in [2.45, 2.75) is 18.9 Å². The average molecular weight is 188 g/mol. The van der Waals surface area contributed by atoms with E-state index in [4.69, 9.17) is 4.74 Å². The lowest BCUT2D eigenvalue weighted by Crippen LogP contribution is -2.41. The average Bonchev–Trinajstić information content (AvgIpc) is 2.59. The van der Waals surface area contributed by atoms with Crippen LogP contribution >= 0.6 is 0 Å². The van der Waals surface area contributed by atoms with Gasteiger partial charge in [-0.2, -0.15) is 0 Å². The smallest absolute Gasteiger partial charge is 0.159 e. The first-order chi connectivity index (χ1) is 6.72. The van der Waals surface area contributed by atoms with E-state index in [0.29, 0.717) is 12.5 Å². The summed E-state index contributed by atoms with van der Waals surface area (Å²) in [7, 11) is 0. The Labute approximate surface area is 82.9 Å². The molecule has 1 spiro atoms. The number of hydrogen-bond acceptors (Lipinski definition) is 2. The summed E-state index contributed by atoms with van der Waals surface area (Å²) in [6.07, 6.45) is 9.40. The van der Waals surface area contributed by atoms with E-state index in [9.17, 15) is 4.79 Å². The highest BCUT2D eigenvalue weighted by molar-refractivity contribution is 5.98. The first-order valence-electron chi connectivity index (χ1n) is 4.98. The van der Waals surface area contributed by atoms with E-state index < -0.39 is 5.60 Å². The zero-order valence-corrected chi connectivity index (χ0v) is 8.12. The molecule has 14 heavy (non-hydrogen) atoms. The molecular formula is C12H12O2. The van der Waals surface area contributed by atoms with Crippen molar-refractivity contribution in [3.63, 3.8) is 0 Å². The Morgan fingerprint density at radius 3 is 3.29 bits per heavy atom. The van der Waals surface area contributed by atoms with Crippen molar-refractivity contribution >= 4 is 5.78 Å². The molecule has 2 bridgehead atoms. The van der Waals surface area contributed by atoms with Gasteiger partial charge in [-0.05, 0) is 30.9 Å². The largest absolute Gasteiger partial charge is 0.358 e. The van der Waals surface area contributed by atoms with E-state index in [1.807, 2.05) is 0 Å². The van der Waals surface area contributed by atoms with E-state index in [1.165, 1.54) is 5.57 Å². The number of carbonyl (C=O) groups is 1. The Balaban J connectivity index is 2.19. The molecule has 0 saturated heterocycles. The Morgan fingerprint density at radius 1 is 1.64 bits per heavy atom. The molecule has 1 aliphatic heterocycles. The van der Waals surface area contributed by atoms with Crippen LogP contribution in [0.5, 0.6) is 0 Å². The predicted molar refractivity (Wildman–Crippen MR) is 52.8 cm³/mol. The fourth-order valence-corrected chi connectivity index (χ4v) is 2.66. The van der Waals surface area contributed by atoms with Crippen LogP contribution in [0.15, 0.2) is 35.5 Å². The molecule has 72 valence electrons. The van der Waals surface area contributed by atoms with Crippen LogP contribution in [0.3, 0.4) is 0 Å². The topological polar surface area (TPSA) is 26.3 Å². The van der Waals surface area contributed by atoms with Gasteiger partial charge < -0.3 is 4.74 Å². The minimum atomic E-state index is -0.472. The molecule has 0 radical (unpaired) electrons. The molecule has 3 aliphatic carbocycles. The van der Waals surface area contributed by atoms with Crippen molar-refractivity contribution in [1.82, 2.24) is 0 Å². The fourth-order valence-electron chi connectivity index (χ4n) is 2.66. The number of ether oxygens (including phenoxy) is 1. The van der Waals surface area contributed by atoms with E-state index in [1.54, 1.807) is 6.92 Å². The van der Waals surface area contributed by atoms with Crippen molar-refractivity contribution in [2.24, 2.45) is 5.92 Å². The van der Waals surface area contributed by atoms with Crippen molar-refractivity contribution in [2.75, 3.05) is 6.61 Å². The third kappa shape index (κ3) is 0.819. The monoisotopic (exact) mass is 188 g/mol. The molecule has 0 fully saturated rings. The van der Waals surface area contributed by atoms with Crippen molar-refractivity contribution in [3.05, 3.63) is 35.5 Å². The highest BCUT2D eigenvalue weighted by Crippen LogP contribution is 2.48. The van der Waals surface area contributed by atoms with Crippen LogP contribution in [0.2, 0.25) is 0 Å². The Hall–Kier alpha value is -1.15. The number of Topliss-reactive ketones (excluding diaryl/α,β-unsaturated/α-hetero) is 1. The summed E-state index contributed by atoms with van der Waals surface area (Å²) < 4.78 is 5.74. The third-order valence-electron chi connectivity index (χ3n) is 3.31. The maximum atomic E-state index is 11.5. The molecule has 0 N–H and O–H groups in total. The lowest BCUT2D eigenvalue weighted by molar-refractivity contribution is -0.115. The number of ketones is 1. The number of rotatable bonds is 1. The highest BCUT2D eigenvalue weighted by Gasteiger charge is 2.47. The molecule has 0 aromatic rings. The lowest BCUT2D eigenvalue weighted by Gasteiger charge is -2.39. The van der Waals surface area contributed by atoms with Crippen LogP contribution in [-0.4, -0.2) is 18.0 Å². The molecule has 0 aromatic heterocycles. The van der Waals surface area contributed by atoms with Crippen LogP contribution in [0, 0.1) is 5.92 Å². The Morgan fingerprint density at radius 2 is 2.50 bits per heavy atom. The molecule has 4 aliphatic rings. The van der Waals surface area contributed by atoms with Gasteiger partial charge in [0.1, 0.15) is 5.60 Å². The third-order valence-corrected chi connectivity index (χ3v) is 3.31. The quantitative estimate of drug-likeness (QED) is 0.586. The molecule has 1 heterocycles. The summed E-state index contributed by atoms with van der Waals surface area (Å²) in [6.45, 7) is 2.26. The summed E-state index contributed by atoms with van der Waals surface area (Å²) in [4.78, 5) is 11.5. The lowest BCUT2D eigenvalue weighted by atomic mass is 9.69. The predicted octanol–water partition coefficient (Wildman–Crippen LogP) is 1.79. The molecule has 0 aromatic carbocycles. The van der Waals surface area contributed by atoms with Gasteiger partial charge in [-0.1, -0.05) is 18.2 Å². The van der Waals surface area contributed by atoms with Gasteiger partial charge in [-0.3, -0.25) is 4.79 Å². The molecule has 0 saturated carbocycles. The van der Waals surface area contributed by atoms with Gasteiger partial charge in [0.15, 0.2) is 5.78 Å². The van der Waals surface area contributed by atoms with E-state index >= 15 is 0 Å².